The molecule has 2 unspecified atom stereocenters. The zero-order chi connectivity index (χ0) is 15.0. The molecule has 3 nitrogen and oxygen atoms in total. The summed E-state index contributed by atoms with van der Waals surface area (Å²) in [6.07, 6.45) is 3.50. The topological polar surface area (TPSA) is 35.5 Å². The molecule has 20 heavy (non-hydrogen) atoms. The Balaban J connectivity index is 2.61. The predicted molar refractivity (Wildman–Crippen MR) is 85.9 cm³/mol. The van der Waals surface area contributed by atoms with Crippen molar-refractivity contribution in [1.29, 1.82) is 0 Å². The van der Waals surface area contributed by atoms with Crippen LogP contribution >= 0.6 is 0 Å². The van der Waals surface area contributed by atoms with E-state index >= 15 is 0 Å². The first kappa shape index (κ1) is 17.2. The number of likely N-dealkylation sites (N-methyl/N-ethyl adjacent to an activating group) is 1. The summed E-state index contributed by atoms with van der Waals surface area (Å²) < 4.78 is 0. The van der Waals surface area contributed by atoms with Crippen LogP contribution in [0.2, 0.25) is 0 Å². The molecule has 0 spiro atoms. The van der Waals surface area contributed by atoms with E-state index in [4.69, 9.17) is 0 Å². The number of nitrogens with zero attached hydrogens (tertiary/aromatic N) is 1. The molecule has 0 radical (unpaired) electrons. The smallest absolute Gasteiger partial charge is 0.0869 e. The van der Waals surface area contributed by atoms with Crippen LogP contribution in [-0.4, -0.2) is 42.8 Å². The molecule has 0 bridgehead atoms. The van der Waals surface area contributed by atoms with Crippen molar-refractivity contribution in [2.75, 3.05) is 27.2 Å². The second-order valence-electron chi connectivity index (χ2n) is 6.22. The van der Waals surface area contributed by atoms with Crippen molar-refractivity contribution in [2.24, 2.45) is 0 Å². The lowest BCUT2D eigenvalue weighted by Gasteiger charge is -2.30. The number of unbranched alkanes of at least 4 members (excludes halogenated alkanes) is 1. The van der Waals surface area contributed by atoms with Crippen molar-refractivity contribution in [3.8, 4) is 0 Å². The Labute approximate surface area is 124 Å². The summed E-state index contributed by atoms with van der Waals surface area (Å²) in [6, 6.07) is 10.8. The van der Waals surface area contributed by atoms with Gasteiger partial charge in [-0.25, -0.2) is 0 Å². The van der Waals surface area contributed by atoms with Crippen LogP contribution < -0.4 is 5.32 Å². The number of aliphatic hydroxyl groups is 1. The van der Waals surface area contributed by atoms with Crippen molar-refractivity contribution >= 4 is 0 Å². The van der Waals surface area contributed by atoms with Crippen LogP contribution in [0.4, 0.5) is 0 Å². The van der Waals surface area contributed by atoms with Gasteiger partial charge in [0.05, 0.1) is 5.60 Å². The first-order valence-corrected chi connectivity index (χ1v) is 7.60. The largest absolute Gasteiger partial charge is 0.388 e. The molecule has 0 aromatic heterocycles. The Morgan fingerprint density at radius 2 is 1.90 bits per heavy atom. The molecule has 2 N–H and O–H groups in total. The fourth-order valence-corrected chi connectivity index (χ4v) is 2.56. The molecule has 1 rings (SSSR count). The molecular formula is C17H30N2O. The van der Waals surface area contributed by atoms with Crippen molar-refractivity contribution in [3.63, 3.8) is 0 Å². The van der Waals surface area contributed by atoms with Gasteiger partial charge in [-0.15, -0.1) is 0 Å². The highest BCUT2D eigenvalue weighted by atomic mass is 16.3. The highest BCUT2D eigenvalue weighted by Crippen LogP contribution is 2.20. The Morgan fingerprint density at radius 3 is 2.45 bits per heavy atom. The molecule has 1 aromatic carbocycles. The lowest BCUT2D eigenvalue weighted by atomic mass is 9.99. The Morgan fingerprint density at radius 1 is 1.25 bits per heavy atom. The lowest BCUT2D eigenvalue weighted by Crippen LogP contribution is -2.46. The summed E-state index contributed by atoms with van der Waals surface area (Å²) in [5.41, 5.74) is 0.601. The van der Waals surface area contributed by atoms with Crippen molar-refractivity contribution in [2.45, 2.75) is 44.8 Å². The molecule has 0 amide bonds. The van der Waals surface area contributed by atoms with E-state index in [1.54, 1.807) is 0 Å². The van der Waals surface area contributed by atoms with E-state index in [2.05, 4.69) is 36.5 Å². The molecule has 0 aliphatic rings. The highest BCUT2D eigenvalue weighted by Gasteiger charge is 2.23. The van der Waals surface area contributed by atoms with Crippen LogP contribution in [0.3, 0.4) is 0 Å². The standard InChI is InChI=1S/C17H30N2O/c1-5-6-12-16(15-10-8-7-9-11-15)18-13-17(2,20)14-19(3)4/h7-11,16,18,20H,5-6,12-14H2,1-4H3. The summed E-state index contributed by atoms with van der Waals surface area (Å²) >= 11 is 0. The molecule has 0 aliphatic heterocycles. The van der Waals surface area contributed by atoms with Gasteiger partial charge in [-0.1, -0.05) is 50.1 Å². The second-order valence-corrected chi connectivity index (χ2v) is 6.22. The molecule has 0 fully saturated rings. The van der Waals surface area contributed by atoms with E-state index in [0.717, 1.165) is 6.42 Å². The average Bonchev–Trinajstić information content (AvgIpc) is 2.38. The summed E-state index contributed by atoms with van der Waals surface area (Å²) in [5.74, 6) is 0. The van der Waals surface area contributed by atoms with Crippen molar-refractivity contribution in [1.82, 2.24) is 10.2 Å². The third-order valence-electron chi connectivity index (χ3n) is 3.43. The van der Waals surface area contributed by atoms with E-state index in [1.165, 1.54) is 18.4 Å². The summed E-state index contributed by atoms with van der Waals surface area (Å²) in [5, 5.41) is 13.9. The molecule has 0 saturated heterocycles. The SMILES string of the molecule is CCCCC(NCC(C)(O)CN(C)C)c1ccccc1. The number of rotatable bonds is 9. The minimum Gasteiger partial charge on any atom is -0.388 e. The summed E-state index contributed by atoms with van der Waals surface area (Å²) in [4.78, 5) is 2.02. The van der Waals surface area contributed by atoms with Crippen LogP contribution in [0.25, 0.3) is 0 Å². The van der Waals surface area contributed by atoms with Crippen LogP contribution in [0, 0.1) is 0 Å². The zero-order valence-corrected chi connectivity index (χ0v) is 13.4. The predicted octanol–water partition coefficient (Wildman–Crippen LogP) is 2.82. The molecule has 3 heteroatoms. The zero-order valence-electron chi connectivity index (χ0n) is 13.4. The Hall–Kier alpha value is -0.900. The third kappa shape index (κ3) is 6.51. The Bertz CT molecular complexity index is 363. The minimum absolute atomic E-state index is 0.324. The first-order valence-electron chi connectivity index (χ1n) is 7.60. The van der Waals surface area contributed by atoms with E-state index in [-0.39, 0.29) is 0 Å². The Kier molecular flexibility index (Phi) is 7.20. The molecule has 0 aliphatic carbocycles. The van der Waals surface area contributed by atoms with Gasteiger partial charge in [0.25, 0.3) is 0 Å². The van der Waals surface area contributed by atoms with E-state index in [0.29, 0.717) is 19.1 Å². The van der Waals surface area contributed by atoms with Crippen LogP contribution in [0.1, 0.15) is 44.7 Å². The van der Waals surface area contributed by atoms with Gasteiger partial charge in [0.1, 0.15) is 0 Å². The molecule has 0 saturated carbocycles. The highest BCUT2D eigenvalue weighted by molar-refractivity contribution is 5.18. The summed E-state index contributed by atoms with van der Waals surface area (Å²) in [6.45, 7) is 5.37. The van der Waals surface area contributed by atoms with Crippen molar-refractivity contribution < 1.29 is 5.11 Å². The van der Waals surface area contributed by atoms with E-state index in [1.807, 2.05) is 32.0 Å². The third-order valence-corrected chi connectivity index (χ3v) is 3.43. The van der Waals surface area contributed by atoms with E-state index in [9.17, 15) is 5.11 Å². The number of hydrogen-bond acceptors (Lipinski definition) is 3. The number of benzene rings is 1. The van der Waals surface area contributed by atoms with Gasteiger partial charge >= 0.3 is 0 Å². The van der Waals surface area contributed by atoms with E-state index < -0.39 is 5.60 Å². The monoisotopic (exact) mass is 278 g/mol. The molecule has 2 atom stereocenters. The molecule has 0 heterocycles. The van der Waals surface area contributed by atoms with Crippen LogP contribution in [-0.2, 0) is 0 Å². The molecule has 114 valence electrons. The summed E-state index contributed by atoms with van der Waals surface area (Å²) in [7, 11) is 3.97. The normalized spacial score (nSPS) is 16.1. The van der Waals surface area contributed by atoms with Gasteiger partial charge in [-0.05, 0) is 33.0 Å². The van der Waals surface area contributed by atoms with Crippen LogP contribution in [0.5, 0.6) is 0 Å². The fraction of sp³-hybridized carbons (Fsp3) is 0.647. The van der Waals surface area contributed by atoms with Gasteiger partial charge < -0.3 is 15.3 Å². The minimum atomic E-state index is -0.706. The van der Waals surface area contributed by atoms with Gasteiger partial charge in [0.2, 0.25) is 0 Å². The maximum Gasteiger partial charge on any atom is 0.0869 e. The maximum absolute atomic E-state index is 10.4. The lowest BCUT2D eigenvalue weighted by molar-refractivity contribution is 0.0309. The average molecular weight is 278 g/mol. The molecule has 1 aromatic rings. The fourth-order valence-electron chi connectivity index (χ4n) is 2.56. The van der Waals surface area contributed by atoms with Gasteiger partial charge in [0.15, 0.2) is 0 Å². The van der Waals surface area contributed by atoms with Gasteiger partial charge in [0, 0.05) is 19.1 Å². The van der Waals surface area contributed by atoms with Gasteiger partial charge in [-0.2, -0.15) is 0 Å². The van der Waals surface area contributed by atoms with Crippen molar-refractivity contribution in [3.05, 3.63) is 35.9 Å². The van der Waals surface area contributed by atoms with Crippen LogP contribution in [0.15, 0.2) is 30.3 Å². The number of hydrogen-bond donors (Lipinski definition) is 2. The second kappa shape index (κ2) is 8.40. The molecular weight excluding hydrogens is 248 g/mol. The first-order chi connectivity index (χ1) is 9.44. The maximum atomic E-state index is 10.4. The van der Waals surface area contributed by atoms with Gasteiger partial charge in [-0.3, -0.25) is 0 Å². The number of nitrogens with one attached hydrogen (secondary N) is 1. The quantitative estimate of drug-likeness (QED) is 0.729.